The highest BCUT2D eigenvalue weighted by Gasteiger charge is 2.17. The van der Waals surface area contributed by atoms with Gasteiger partial charge in [0, 0.05) is 16.3 Å². The van der Waals surface area contributed by atoms with E-state index in [9.17, 15) is 14.0 Å². The van der Waals surface area contributed by atoms with E-state index >= 15 is 0 Å². The van der Waals surface area contributed by atoms with Crippen molar-refractivity contribution >= 4 is 29.1 Å². The summed E-state index contributed by atoms with van der Waals surface area (Å²) in [6.45, 7) is 1.59. The lowest BCUT2D eigenvalue weighted by atomic mass is 9.99. The largest absolute Gasteiger partial charge is 0.481 e. The monoisotopic (exact) mass is 412 g/mol. The highest BCUT2D eigenvalue weighted by molar-refractivity contribution is 6.30. The van der Waals surface area contributed by atoms with Crippen LogP contribution in [-0.2, 0) is 4.79 Å². The first-order valence-corrected chi connectivity index (χ1v) is 9.14. The van der Waals surface area contributed by atoms with Crippen LogP contribution in [0.1, 0.15) is 17.3 Å². The minimum atomic E-state index is -0.828. The summed E-state index contributed by atoms with van der Waals surface area (Å²) in [5.41, 5.74) is 7.14. The zero-order chi connectivity index (χ0) is 21.0. The van der Waals surface area contributed by atoms with Crippen LogP contribution in [0.4, 0.5) is 10.1 Å². The van der Waals surface area contributed by atoms with E-state index in [4.69, 9.17) is 22.1 Å². The molecule has 0 heterocycles. The second-order valence-electron chi connectivity index (χ2n) is 6.34. The zero-order valence-corrected chi connectivity index (χ0v) is 16.2. The fourth-order valence-electron chi connectivity index (χ4n) is 2.74. The quantitative estimate of drug-likeness (QED) is 0.618. The summed E-state index contributed by atoms with van der Waals surface area (Å²) in [5, 5.41) is 3.29. The summed E-state index contributed by atoms with van der Waals surface area (Å²) >= 11 is 5.83. The molecule has 0 radical (unpaired) electrons. The van der Waals surface area contributed by atoms with Gasteiger partial charge in [-0.05, 0) is 72.6 Å². The van der Waals surface area contributed by atoms with Gasteiger partial charge in [0.1, 0.15) is 11.6 Å². The molecule has 2 amide bonds. The fourth-order valence-corrected chi connectivity index (χ4v) is 2.87. The smallest absolute Gasteiger partial charge is 0.265 e. The van der Waals surface area contributed by atoms with E-state index in [1.54, 1.807) is 43.3 Å². The van der Waals surface area contributed by atoms with E-state index in [0.717, 1.165) is 0 Å². The highest BCUT2D eigenvalue weighted by atomic mass is 35.5. The Morgan fingerprint density at radius 2 is 1.79 bits per heavy atom. The molecule has 148 valence electrons. The van der Waals surface area contributed by atoms with E-state index in [1.807, 2.05) is 0 Å². The third kappa shape index (κ3) is 5.12. The second kappa shape index (κ2) is 8.75. The van der Waals surface area contributed by atoms with Crippen LogP contribution < -0.4 is 15.8 Å². The average molecular weight is 413 g/mol. The van der Waals surface area contributed by atoms with Crippen LogP contribution in [0.5, 0.6) is 5.75 Å². The Morgan fingerprint density at radius 1 is 1.07 bits per heavy atom. The van der Waals surface area contributed by atoms with Crippen molar-refractivity contribution in [1.82, 2.24) is 0 Å². The van der Waals surface area contributed by atoms with Crippen LogP contribution >= 0.6 is 11.6 Å². The van der Waals surface area contributed by atoms with Crippen LogP contribution in [0.2, 0.25) is 5.02 Å². The summed E-state index contributed by atoms with van der Waals surface area (Å²) in [5.74, 6) is -1.11. The van der Waals surface area contributed by atoms with Gasteiger partial charge in [-0.1, -0.05) is 23.7 Å². The molecule has 29 heavy (non-hydrogen) atoms. The van der Waals surface area contributed by atoms with Crippen LogP contribution in [-0.4, -0.2) is 17.9 Å². The summed E-state index contributed by atoms with van der Waals surface area (Å²) < 4.78 is 19.3. The zero-order valence-electron chi connectivity index (χ0n) is 15.5. The predicted octanol–water partition coefficient (Wildman–Crippen LogP) is 4.65. The van der Waals surface area contributed by atoms with Crippen molar-refractivity contribution in [1.29, 1.82) is 0 Å². The minimum Gasteiger partial charge on any atom is -0.481 e. The van der Waals surface area contributed by atoms with Crippen LogP contribution in [0.3, 0.4) is 0 Å². The minimum absolute atomic E-state index is 0.223. The predicted molar refractivity (Wildman–Crippen MR) is 111 cm³/mol. The van der Waals surface area contributed by atoms with Gasteiger partial charge < -0.3 is 15.8 Å². The van der Waals surface area contributed by atoms with Crippen molar-refractivity contribution < 1.29 is 18.7 Å². The third-order valence-corrected chi connectivity index (χ3v) is 4.44. The molecule has 3 rings (SSSR count). The molecule has 1 atom stereocenters. The molecule has 0 spiro atoms. The standard InChI is InChI=1S/C22H18ClFN2O3/c1-13(22(28)26-17-7-5-15(23)6-8-17)29-18-9-10-19(21(25)27)20(12-18)14-3-2-4-16(24)11-14/h2-13H,1H3,(H2,25,27)(H,26,28). The van der Waals surface area contributed by atoms with E-state index in [1.165, 1.54) is 30.3 Å². The number of rotatable bonds is 6. The Balaban J connectivity index is 1.81. The molecule has 3 aromatic carbocycles. The summed E-state index contributed by atoms with van der Waals surface area (Å²) in [4.78, 5) is 24.1. The SMILES string of the molecule is CC(Oc1ccc(C(N)=O)c(-c2cccc(F)c2)c1)C(=O)Nc1ccc(Cl)cc1. The number of anilines is 1. The van der Waals surface area contributed by atoms with Crippen molar-refractivity contribution in [3.63, 3.8) is 0 Å². The first-order valence-electron chi connectivity index (χ1n) is 8.76. The topological polar surface area (TPSA) is 81.4 Å². The van der Waals surface area contributed by atoms with E-state index in [2.05, 4.69) is 5.32 Å². The van der Waals surface area contributed by atoms with Gasteiger partial charge in [-0.2, -0.15) is 0 Å². The van der Waals surface area contributed by atoms with Crippen molar-refractivity contribution in [2.24, 2.45) is 5.73 Å². The molecular formula is C22H18ClFN2O3. The molecule has 0 fully saturated rings. The van der Waals surface area contributed by atoms with Gasteiger partial charge in [0.2, 0.25) is 5.91 Å². The number of benzene rings is 3. The van der Waals surface area contributed by atoms with Crippen molar-refractivity contribution in [3.8, 4) is 16.9 Å². The molecule has 0 aliphatic carbocycles. The number of amides is 2. The van der Waals surface area contributed by atoms with Gasteiger partial charge in [0.25, 0.3) is 5.91 Å². The van der Waals surface area contributed by atoms with Crippen molar-refractivity contribution in [3.05, 3.63) is 83.1 Å². The number of nitrogens with one attached hydrogen (secondary N) is 1. The maximum absolute atomic E-state index is 13.6. The first-order chi connectivity index (χ1) is 13.8. The molecule has 0 saturated heterocycles. The summed E-state index contributed by atoms with van der Waals surface area (Å²) in [6.07, 6.45) is -0.828. The first kappa shape index (κ1) is 20.4. The number of hydrogen-bond donors (Lipinski definition) is 2. The Bertz CT molecular complexity index is 1050. The number of primary amides is 1. The van der Waals surface area contributed by atoms with Gasteiger partial charge in [0.15, 0.2) is 6.10 Å². The Labute approximate surface area is 172 Å². The second-order valence-corrected chi connectivity index (χ2v) is 6.77. The molecule has 7 heteroatoms. The number of halogens is 2. The molecule has 0 aromatic heterocycles. The van der Waals surface area contributed by atoms with Crippen LogP contribution in [0.25, 0.3) is 11.1 Å². The van der Waals surface area contributed by atoms with Gasteiger partial charge in [-0.15, -0.1) is 0 Å². The normalized spacial score (nSPS) is 11.6. The Hall–Kier alpha value is -3.38. The number of carbonyl (C=O) groups excluding carboxylic acids is 2. The molecule has 3 N–H and O–H groups in total. The number of ether oxygens (including phenoxy) is 1. The Kier molecular flexibility index (Phi) is 6.14. The molecule has 3 aromatic rings. The van der Waals surface area contributed by atoms with Gasteiger partial charge in [-0.3, -0.25) is 9.59 Å². The number of hydrogen-bond acceptors (Lipinski definition) is 3. The maximum Gasteiger partial charge on any atom is 0.265 e. The molecule has 0 aliphatic heterocycles. The highest BCUT2D eigenvalue weighted by Crippen LogP contribution is 2.29. The van der Waals surface area contributed by atoms with Crippen LogP contribution in [0, 0.1) is 5.82 Å². The summed E-state index contributed by atoms with van der Waals surface area (Å²) in [7, 11) is 0. The van der Waals surface area contributed by atoms with Crippen LogP contribution in [0.15, 0.2) is 66.7 Å². The van der Waals surface area contributed by atoms with Gasteiger partial charge >= 0.3 is 0 Å². The van der Waals surface area contributed by atoms with E-state index in [-0.39, 0.29) is 11.5 Å². The number of carbonyl (C=O) groups is 2. The lowest BCUT2D eigenvalue weighted by Gasteiger charge is -2.16. The molecule has 5 nitrogen and oxygen atoms in total. The Morgan fingerprint density at radius 3 is 2.45 bits per heavy atom. The number of nitrogens with two attached hydrogens (primary N) is 1. The van der Waals surface area contributed by atoms with Gasteiger partial charge in [0.05, 0.1) is 0 Å². The summed E-state index contributed by atoms with van der Waals surface area (Å²) in [6, 6.07) is 17.0. The van der Waals surface area contributed by atoms with Crippen molar-refractivity contribution in [2.75, 3.05) is 5.32 Å². The molecule has 0 bridgehead atoms. The third-order valence-electron chi connectivity index (χ3n) is 4.19. The van der Waals surface area contributed by atoms with E-state index < -0.39 is 17.8 Å². The van der Waals surface area contributed by atoms with Crippen molar-refractivity contribution in [2.45, 2.75) is 13.0 Å². The lowest BCUT2D eigenvalue weighted by Crippen LogP contribution is -2.30. The molecular weight excluding hydrogens is 395 g/mol. The maximum atomic E-state index is 13.6. The fraction of sp³-hybridized carbons (Fsp3) is 0.0909. The molecule has 1 unspecified atom stereocenters. The lowest BCUT2D eigenvalue weighted by molar-refractivity contribution is -0.122. The van der Waals surface area contributed by atoms with E-state index in [0.29, 0.717) is 27.6 Å². The molecule has 0 aliphatic rings. The van der Waals surface area contributed by atoms with Gasteiger partial charge in [-0.25, -0.2) is 4.39 Å². The average Bonchev–Trinajstić information content (AvgIpc) is 2.69. The molecule has 0 saturated carbocycles.